The van der Waals surface area contributed by atoms with Crippen LogP contribution in [0.2, 0.25) is 0 Å². The molecule has 1 aliphatic rings. The van der Waals surface area contributed by atoms with Crippen LogP contribution in [0, 0.1) is 12.7 Å². The maximum Gasteiger partial charge on any atom is 0.355 e. The number of benzene rings is 3. The number of fused-ring (bicyclic) bond motifs is 2. The van der Waals surface area contributed by atoms with Crippen molar-refractivity contribution in [2.75, 3.05) is 24.5 Å². The van der Waals surface area contributed by atoms with Gasteiger partial charge >= 0.3 is 5.69 Å². The van der Waals surface area contributed by atoms with Crippen molar-refractivity contribution in [3.63, 3.8) is 0 Å². The fourth-order valence-corrected chi connectivity index (χ4v) is 6.12. The van der Waals surface area contributed by atoms with Gasteiger partial charge in [0.1, 0.15) is 17.3 Å². The Bertz CT molecular complexity index is 1960. The van der Waals surface area contributed by atoms with Gasteiger partial charge in [-0.05, 0) is 59.9 Å². The number of amides is 1. The van der Waals surface area contributed by atoms with Crippen molar-refractivity contribution >= 4 is 33.5 Å². The molecule has 8 heteroatoms. The number of halogens is 1. The molecular formula is C35H34FN5O2. The number of para-hydroxylation sites is 1. The van der Waals surface area contributed by atoms with E-state index < -0.39 is 11.5 Å². The summed E-state index contributed by atoms with van der Waals surface area (Å²) in [6.07, 6.45) is 1.30. The Kier molecular flexibility index (Phi) is 7.30. The van der Waals surface area contributed by atoms with E-state index >= 15 is 4.39 Å². The monoisotopic (exact) mass is 575 g/mol. The van der Waals surface area contributed by atoms with Crippen LogP contribution in [0.5, 0.6) is 0 Å². The fraction of sp³-hybridized carbons (Fsp3) is 0.257. The lowest BCUT2D eigenvalue weighted by Gasteiger charge is -2.40. The van der Waals surface area contributed by atoms with Crippen molar-refractivity contribution < 1.29 is 9.18 Å². The SMILES string of the molecule is C=CC(=O)N1CCN(c2nc(=O)n(-c3c(C)cccc3C(C)C)c3nc(-c4ccc5ccccc5c4)c(F)cc23)C(C)C1. The first-order valence-electron chi connectivity index (χ1n) is 14.6. The minimum Gasteiger partial charge on any atom is -0.350 e. The van der Waals surface area contributed by atoms with Gasteiger partial charge in [0.25, 0.3) is 0 Å². The average molecular weight is 576 g/mol. The Hall–Kier alpha value is -4.85. The van der Waals surface area contributed by atoms with Gasteiger partial charge in [-0.25, -0.2) is 18.7 Å². The zero-order chi connectivity index (χ0) is 30.4. The van der Waals surface area contributed by atoms with Crippen LogP contribution < -0.4 is 10.6 Å². The van der Waals surface area contributed by atoms with Crippen LogP contribution in [-0.2, 0) is 4.79 Å². The summed E-state index contributed by atoms with van der Waals surface area (Å²) in [5.41, 5.74) is 3.22. The summed E-state index contributed by atoms with van der Waals surface area (Å²) in [6.45, 7) is 13.0. The Labute approximate surface area is 249 Å². The van der Waals surface area contributed by atoms with Gasteiger partial charge in [-0.1, -0.05) is 75.0 Å². The minimum atomic E-state index is -0.502. The van der Waals surface area contributed by atoms with Crippen molar-refractivity contribution in [1.82, 2.24) is 19.4 Å². The lowest BCUT2D eigenvalue weighted by atomic mass is 9.98. The second kappa shape index (κ2) is 11.1. The third kappa shape index (κ3) is 4.96. The zero-order valence-electron chi connectivity index (χ0n) is 24.8. The van der Waals surface area contributed by atoms with Gasteiger partial charge in [0.15, 0.2) is 5.65 Å². The molecule has 3 heterocycles. The Morgan fingerprint density at radius 3 is 2.51 bits per heavy atom. The van der Waals surface area contributed by atoms with Crippen LogP contribution >= 0.6 is 0 Å². The predicted octanol–water partition coefficient (Wildman–Crippen LogP) is 6.39. The fourth-order valence-electron chi connectivity index (χ4n) is 6.12. The number of rotatable bonds is 5. The van der Waals surface area contributed by atoms with Gasteiger partial charge in [-0.3, -0.25) is 4.79 Å². The number of aryl methyl sites for hydroxylation is 1. The molecule has 3 aromatic carbocycles. The number of carbonyl (C=O) groups excluding carboxylic acids is 1. The number of piperazine rings is 1. The van der Waals surface area contributed by atoms with Crippen molar-refractivity contribution in [2.45, 2.75) is 39.7 Å². The highest BCUT2D eigenvalue weighted by Crippen LogP contribution is 2.34. The lowest BCUT2D eigenvalue weighted by Crippen LogP contribution is -2.54. The first-order valence-corrected chi connectivity index (χ1v) is 14.6. The normalized spacial score (nSPS) is 15.4. The number of aromatic nitrogens is 3. The standard InChI is InChI=1S/C35H34FN5O2/c1-6-30(42)39-16-17-40(23(5)20-39)33-28-19-29(36)31(26-15-14-24-11-7-8-12-25(24)18-26)37-34(28)41(35(43)38-33)32-22(4)10-9-13-27(32)21(2)3/h6-15,18-19,21,23H,1,16-17,20H2,2-5H3. The Morgan fingerprint density at radius 1 is 1.02 bits per heavy atom. The Morgan fingerprint density at radius 2 is 1.79 bits per heavy atom. The molecular weight excluding hydrogens is 541 g/mol. The molecule has 0 radical (unpaired) electrons. The van der Waals surface area contributed by atoms with E-state index in [9.17, 15) is 9.59 Å². The zero-order valence-corrected chi connectivity index (χ0v) is 24.8. The highest BCUT2D eigenvalue weighted by Gasteiger charge is 2.30. The summed E-state index contributed by atoms with van der Waals surface area (Å²) in [6, 6.07) is 20.8. The first-order chi connectivity index (χ1) is 20.7. The maximum atomic E-state index is 16.1. The molecule has 2 aromatic heterocycles. The number of pyridine rings is 1. The van der Waals surface area contributed by atoms with Gasteiger partial charge in [-0.2, -0.15) is 4.98 Å². The molecule has 1 atom stereocenters. The molecule has 1 aliphatic heterocycles. The molecule has 43 heavy (non-hydrogen) atoms. The van der Waals surface area contributed by atoms with E-state index in [1.54, 1.807) is 4.90 Å². The van der Waals surface area contributed by atoms with E-state index in [0.29, 0.717) is 47.7 Å². The summed E-state index contributed by atoms with van der Waals surface area (Å²) >= 11 is 0. The molecule has 0 N–H and O–H groups in total. The summed E-state index contributed by atoms with van der Waals surface area (Å²) in [7, 11) is 0. The predicted molar refractivity (Wildman–Crippen MR) is 170 cm³/mol. The van der Waals surface area contributed by atoms with E-state index in [0.717, 1.165) is 21.9 Å². The van der Waals surface area contributed by atoms with E-state index in [-0.39, 0.29) is 23.6 Å². The van der Waals surface area contributed by atoms with Crippen molar-refractivity contribution in [1.29, 1.82) is 0 Å². The summed E-state index contributed by atoms with van der Waals surface area (Å²) in [5.74, 6) is -0.163. The molecule has 218 valence electrons. The van der Waals surface area contributed by atoms with Gasteiger partial charge < -0.3 is 9.80 Å². The number of carbonyl (C=O) groups is 1. The molecule has 5 aromatic rings. The molecule has 1 amide bonds. The smallest absolute Gasteiger partial charge is 0.350 e. The highest BCUT2D eigenvalue weighted by molar-refractivity contribution is 5.92. The van der Waals surface area contributed by atoms with E-state index in [1.807, 2.05) is 79.4 Å². The van der Waals surface area contributed by atoms with Gasteiger partial charge in [0.05, 0.1) is 11.1 Å². The van der Waals surface area contributed by atoms with Crippen LogP contribution in [0.1, 0.15) is 37.8 Å². The lowest BCUT2D eigenvalue weighted by molar-refractivity contribution is -0.126. The second-order valence-electron chi connectivity index (χ2n) is 11.5. The van der Waals surface area contributed by atoms with E-state index in [4.69, 9.17) is 4.98 Å². The molecule has 7 nitrogen and oxygen atoms in total. The molecule has 0 bridgehead atoms. The number of hydrogen-bond acceptors (Lipinski definition) is 5. The minimum absolute atomic E-state index is 0.118. The van der Waals surface area contributed by atoms with Crippen LogP contribution in [0.4, 0.5) is 10.2 Å². The van der Waals surface area contributed by atoms with Crippen LogP contribution in [-0.4, -0.2) is 51.0 Å². The molecule has 6 rings (SSSR count). The van der Waals surface area contributed by atoms with Crippen LogP contribution in [0.3, 0.4) is 0 Å². The largest absolute Gasteiger partial charge is 0.355 e. The van der Waals surface area contributed by atoms with Crippen molar-refractivity contribution in [3.05, 3.63) is 107 Å². The molecule has 0 saturated carbocycles. The third-order valence-corrected chi connectivity index (χ3v) is 8.32. The number of nitrogens with zero attached hydrogens (tertiary/aromatic N) is 5. The van der Waals surface area contributed by atoms with E-state index in [1.165, 1.54) is 16.7 Å². The number of hydrogen-bond donors (Lipinski definition) is 0. The van der Waals surface area contributed by atoms with Gasteiger partial charge in [0, 0.05) is 31.2 Å². The van der Waals surface area contributed by atoms with E-state index in [2.05, 4.69) is 25.4 Å². The summed E-state index contributed by atoms with van der Waals surface area (Å²) in [5, 5.41) is 2.45. The van der Waals surface area contributed by atoms with Crippen molar-refractivity contribution in [3.8, 4) is 16.9 Å². The molecule has 1 unspecified atom stereocenters. The van der Waals surface area contributed by atoms with Crippen LogP contribution in [0.15, 0.2) is 84.2 Å². The van der Waals surface area contributed by atoms with Gasteiger partial charge in [0.2, 0.25) is 5.91 Å². The topological polar surface area (TPSA) is 71.3 Å². The molecule has 0 aliphatic carbocycles. The second-order valence-corrected chi connectivity index (χ2v) is 11.5. The number of anilines is 1. The first kappa shape index (κ1) is 28.3. The molecule has 1 fully saturated rings. The molecule has 1 saturated heterocycles. The quantitative estimate of drug-likeness (QED) is 0.227. The third-order valence-electron chi connectivity index (χ3n) is 8.32. The van der Waals surface area contributed by atoms with Gasteiger partial charge in [-0.15, -0.1) is 0 Å². The molecule has 0 spiro atoms. The highest BCUT2D eigenvalue weighted by atomic mass is 19.1. The van der Waals surface area contributed by atoms with Crippen molar-refractivity contribution in [2.24, 2.45) is 0 Å². The maximum absolute atomic E-state index is 16.1. The Balaban J connectivity index is 1.62. The van der Waals surface area contributed by atoms with Crippen LogP contribution in [0.25, 0.3) is 38.8 Å². The average Bonchev–Trinajstić information content (AvgIpc) is 3.00. The summed E-state index contributed by atoms with van der Waals surface area (Å²) < 4.78 is 17.7. The summed E-state index contributed by atoms with van der Waals surface area (Å²) in [4.78, 5) is 39.5.